The maximum absolute atomic E-state index is 10.6. The molecule has 0 fully saturated rings. The summed E-state index contributed by atoms with van der Waals surface area (Å²) in [6.07, 6.45) is 5.75. The van der Waals surface area contributed by atoms with Crippen LogP contribution in [0.1, 0.15) is 5.69 Å². The summed E-state index contributed by atoms with van der Waals surface area (Å²) in [5.74, 6) is 0. The van der Waals surface area contributed by atoms with Crippen molar-refractivity contribution in [1.29, 1.82) is 0 Å². The van der Waals surface area contributed by atoms with Crippen molar-refractivity contribution in [2.45, 2.75) is 6.92 Å². The Labute approximate surface area is 109 Å². The summed E-state index contributed by atoms with van der Waals surface area (Å²) in [5.41, 5.74) is 4.01. The molecule has 0 amide bonds. The number of aromatic nitrogens is 2. The molecule has 0 atom stereocenters. The Hall–Kier alpha value is -2.69. The molecule has 94 valence electrons. The third kappa shape index (κ3) is 2.06. The van der Waals surface area contributed by atoms with Crippen LogP contribution in [0.2, 0.25) is 0 Å². The molecule has 19 heavy (non-hydrogen) atoms. The monoisotopic (exact) mass is 253 g/mol. The van der Waals surface area contributed by atoms with Gasteiger partial charge in [-0.3, -0.25) is 15.1 Å². The number of hydrogen-bond acceptors (Lipinski definition) is 3. The summed E-state index contributed by atoms with van der Waals surface area (Å²) in [6, 6.07) is 8.55. The highest BCUT2D eigenvalue weighted by Gasteiger charge is 2.07. The largest absolute Gasteiger partial charge is 0.320 e. The summed E-state index contributed by atoms with van der Waals surface area (Å²) in [7, 11) is 0. The number of rotatable bonds is 2. The molecule has 0 unspecified atom stereocenters. The highest BCUT2D eigenvalue weighted by Crippen LogP contribution is 2.24. The second kappa shape index (κ2) is 4.20. The molecule has 3 aromatic rings. The summed E-state index contributed by atoms with van der Waals surface area (Å²) in [6.45, 7) is 1.94. The van der Waals surface area contributed by atoms with Crippen molar-refractivity contribution in [3.8, 4) is 11.1 Å². The lowest BCUT2D eigenvalue weighted by Crippen LogP contribution is -1.87. The second-order valence-electron chi connectivity index (χ2n) is 4.39. The van der Waals surface area contributed by atoms with E-state index in [2.05, 4.69) is 4.98 Å². The maximum Gasteiger partial charge on any atom is 0.269 e. The number of nitro benzene ring substituents is 1. The van der Waals surface area contributed by atoms with E-state index in [4.69, 9.17) is 0 Å². The van der Waals surface area contributed by atoms with Crippen LogP contribution in [-0.4, -0.2) is 14.3 Å². The third-order valence-corrected chi connectivity index (χ3v) is 3.02. The molecule has 2 aromatic heterocycles. The molecule has 0 radical (unpaired) electrons. The van der Waals surface area contributed by atoms with Crippen molar-refractivity contribution in [2.75, 3.05) is 0 Å². The maximum atomic E-state index is 10.6. The van der Waals surface area contributed by atoms with Gasteiger partial charge >= 0.3 is 0 Å². The summed E-state index contributed by atoms with van der Waals surface area (Å²) >= 11 is 0. The molecule has 0 N–H and O–H groups in total. The first-order valence-corrected chi connectivity index (χ1v) is 5.83. The first kappa shape index (κ1) is 11.4. The molecule has 3 rings (SSSR count). The van der Waals surface area contributed by atoms with E-state index in [-0.39, 0.29) is 5.69 Å². The van der Waals surface area contributed by atoms with Crippen molar-refractivity contribution in [3.05, 3.63) is 64.7 Å². The normalized spacial score (nSPS) is 10.8. The van der Waals surface area contributed by atoms with Crippen molar-refractivity contribution in [3.63, 3.8) is 0 Å². The van der Waals surface area contributed by atoms with Crippen LogP contribution < -0.4 is 0 Å². The topological polar surface area (TPSA) is 60.4 Å². The van der Waals surface area contributed by atoms with Gasteiger partial charge in [-0.05, 0) is 30.7 Å². The molecule has 0 spiro atoms. The zero-order valence-electron chi connectivity index (χ0n) is 10.3. The smallest absolute Gasteiger partial charge is 0.269 e. The van der Waals surface area contributed by atoms with Crippen LogP contribution in [-0.2, 0) is 0 Å². The third-order valence-electron chi connectivity index (χ3n) is 3.02. The number of benzene rings is 1. The molecule has 5 heteroatoms. The Morgan fingerprint density at radius 2 is 1.89 bits per heavy atom. The van der Waals surface area contributed by atoms with E-state index in [1.165, 1.54) is 12.1 Å². The molecule has 0 aliphatic rings. The minimum Gasteiger partial charge on any atom is -0.320 e. The highest BCUT2D eigenvalue weighted by molar-refractivity contribution is 5.70. The SMILES string of the molecule is Cc1cn2cc(-c3ccc([N+](=O)[O-])cc3)cc2cn1. The minimum atomic E-state index is -0.396. The second-order valence-corrected chi connectivity index (χ2v) is 4.39. The predicted octanol–water partition coefficient (Wildman–Crippen LogP) is 3.22. The quantitative estimate of drug-likeness (QED) is 0.520. The number of nitro groups is 1. The fourth-order valence-electron chi connectivity index (χ4n) is 2.05. The minimum absolute atomic E-state index is 0.102. The fourth-order valence-corrected chi connectivity index (χ4v) is 2.05. The van der Waals surface area contributed by atoms with Gasteiger partial charge in [0.1, 0.15) is 0 Å². The average molecular weight is 253 g/mol. The molecule has 0 bridgehead atoms. The summed E-state index contributed by atoms with van der Waals surface area (Å²) in [4.78, 5) is 14.5. The molecule has 0 aliphatic heterocycles. The van der Waals surface area contributed by atoms with E-state index in [0.717, 1.165) is 22.3 Å². The van der Waals surface area contributed by atoms with Gasteiger partial charge in [0.2, 0.25) is 0 Å². The van der Waals surface area contributed by atoms with Gasteiger partial charge in [0, 0.05) is 30.1 Å². The lowest BCUT2D eigenvalue weighted by molar-refractivity contribution is -0.384. The van der Waals surface area contributed by atoms with Crippen molar-refractivity contribution < 1.29 is 4.92 Å². The number of non-ortho nitro benzene ring substituents is 1. The lowest BCUT2D eigenvalue weighted by atomic mass is 10.1. The molecule has 1 aromatic carbocycles. The highest BCUT2D eigenvalue weighted by atomic mass is 16.6. The molecular formula is C14H11N3O2. The molecular weight excluding hydrogens is 242 g/mol. The van der Waals surface area contributed by atoms with Gasteiger partial charge < -0.3 is 4.40 Å². The Kier molecular flexibility index (Phi) is 2.52. The predicted molar refractivity (Wildman–Crippen MR) is 72.0 cm³/mol. The van der Waals surface area contributed by atoms with E-state index >= 15 is 0 Å². The fraction of sp³-hybridized carbons (Fsp3) is 0.0714. The number of hydrogen-bond donors (Lipinski definition) is 0. The molecule has 0 saturated heterocycles. The van der Waals surface area contributed by atoms with Crippen LogP contribution in [0.15, 0.2) is 48.9 Å². The van der Waals surface area contributed by atoms with Gasteiger partial charge in [-0.25, -0.2) is 0 Å². The zero-order valence-corrected chi connectivity index (χ0v) is 10.3. The number of fused-ring (bicyclic) bond motifs is 1. The van der Waals surface area contributed by atoms with Gasteiger partial charge in [0.25, 0.3) is 5.69 Å². The van der Waals surface area contributed by atoms with Crippen molar-refractivity contribution >= 4 is 11.2 Å². The zero-order chi connectivity index (χ0) is 13.4. The molecule has 2 heterocycles. The van der Waals surface area contributed by atoms with E-state index in [1.807, 2.05) is 36.0 Å². The first-order valence-electron chi connectivity index (χ1n) is 5.83. The van der Waals surface area contributed by atoms with Crippen LogP contribution >= 0.6 is 0 Å². The Morgan fingerprint density at radius 3 is 2.58 bits per heavy atom. The first-order chi connectivity index (χ1) is 9.13. The van der Waals surface area contributed by atoms with E-state index in [9.17, 15) is 10.1 Å². The number of nitrogens with zero attached hydrogens (tertiary/aromatic N) is 3. The van der Waals surface area contributed by atoms with Gasteiger partial charge in [-0.2, -0.15) is 0 Å². The van der Waals surface area contributed by atoms with E-state index < -0.39 is 4.92 Å². The Morgan fingerprint density at radius 1 is 1.16 bits per heavy atom. The van der Waals surface area contributed by atoms with Crippen LogP contribution in [0.3, 0.4) is 0 Å². The average Bonchev–Trinajstić information content (AvgIpc) is 2.81. The number of aryl methyl sites for hydroxylation is 1. The molecule has 0 aliphatic carbocycles. The lowest BCUT2D eigenvalue weighted by Gasteiger charge is -1.96. The van der Waals surface area contributed by atoms with E-state index in [1.54, 1.807) is 12.1 Å². The van der Waals surface area contributed by atoms with Crippen LogP contribution in [0.4, 0.5) is 5.69 Å². The molecule has 5 nitrogen and oxygen atoms in total. The Bertz CT molecular complexity index is 760. The molecule has 0 saturated carbocycles. The van der Waals surface area contributed by atoms with Crippen LogP contribution in [0.5, 0.6) is 0 Å². The standard InChI is InChI=1S/C14H11N3O2/c1-10-8-16-9-12(6-14(16)7-15-10)11-2-4-13(5-3-11)17(18)19/h2-9H,1H3. The summed E-state index contributed by atoms with van der Waals surface area (Å²) in [5, 5.41) is 10.6. The van der Waals surface area contributed by atoms with Crippen LogP contribution in [0, 0.1) is 17.0 Å². The van der Waals surface area contributed by atoms with Gasteiger partial charge in [-0.15, -0.1) is 0 Å². The van der Waals surface area contributed by atoms with Gasteiger partial charge in [-0.1, -0.05) is 0 Å². The summed E-state index contributed by atoms with van der Waals surface area (Å²) < 4.78 is 2.00. The van der Waals surface area contributed by atoms with Crippen molar-refractivity contribution in [1.82, 2.24) is 9.38 Å². The van der Waals surface area contributed by atoms with Crippen LogP contribution in [0.25, 0.3) is 16.6 Å². The van der Waals surface area contributed by atoms with E-state index in [0.29, 0.717) is 0 Å². The van der Waals surface area contributed by atoms with Crippen molar-refractivity contribution in [2.24, 2.45) is 0 Å². The van der Waals surface area contributed by atoms with Gasteiger partial charge in [0.15, 0.2) is 0 Å². The Balaban J connectivity index is 2.06. The van der Waals surface area contributed by atoms with Gasteiger partial charge in [0.05, 0.1) is 22.3 Å².